The van der Waals surface area contributed by atoms with Crippen LogP contribution >= 0.6 is 0 Å². The summed E-state index contributed by atoms with van der Waals surface area (Å²) in [6, 6.07) is 0.488. The van der Waals surface area contributed by atoms with Crippen LogP contribution < -0.4 is 10.6 Å². The molecule has 0 aromatic rings. The Balaban J connectivity index is 1.70. The average Bonchev–Trinajstić information content (AvgIpc) is 2.94. The van der Waals surface area contributed by atoms with Crippen molar-refractivity contribution in [2.45, 2.75) is 56.2 Å². The molecule has 5 heteroatoms. The lowest BCUT2D eigenvalue weighted by molar-refractivity contribution is -0.135. The Kier molecular flexibility index (Phi) is 4.29. The molecule has 0 bridgehead atoms. The van der Waals surface area contributed by atoms with Gasteiger partial charge in [0.2, 0.25) is 5.91 Å². The summed E-state index contributed by atoms with van der Waals surface area (Å²) >= 11 is 0. The summed E-state index contributed by atoms with van der Waals surface area (Å²) in [5, 5.41) is 6.16. The number of nitrogens with zero attached hydrogens (tertiary/aromatic N) is 1. The van der Waals surface area contributed by atoms with Gasteiger partial charge in [0.1, 0.15) is 6.04 Å². The molecule has 1 saturated carbocycles. The molecule has 3 rings (SSSR count). The molecule has 2 heterocycles. The number of carbonyl (C=O) groups is 1. The van der Waals surface area contributed by atoms with E-state index >= 15 is 0 Å². The zero-order valence-electron chi connectivity index (χ0n) is 12.5. The molecule has 1 spiro atoms. The maximum Gasteiger partial charge on any atom is 0.238 e. The number of nitrogens with one attached hydrogen (secondary N) is 2. The fourth-order valence-corrected chi connectivity index (χ4v) is 4.22. The van der Waals surface area contributed by atoms with Gasteiger partial charge < -0.3 is 15.4 Å². The topological polar surface area (TPSA) is 53.6 Å². The van der Waals surface area contributed by atoms with E-state index in [4.69, 9.17) is 4.74 Å². The van der Waals surface area contributed by atoms with Crippen LogP contribution in [0.3, 0.4) is 0 Å². The maximum atomic E-state index is 12.1. The molecule has 3 aliphatic rings. The highest BCUT2D eigenvalue weighted by atomic mass is 16.5. The van der Waals surface area contributed by atoms with Crippen LogP contribution in [0.5, 0.6) is 0 Å². The molecule has 0 radical (unpaired) electrons. The van der Waals surface area contributed by atoms with E-state index in [-0.39, 0.29) is 17.6 Å². The van der Waals surface area contributed by atoms with E-state index in [9.17, 15) is 4.79 Å². The van der Waals surface area contributed by atoms with Gasteiger partial charge in [0.15, 0.2) is 0 Å². The van der Waals surface area contributed by atoms with E-state index in [2.05, 4.69) is 15.5 Å². The van der Waals surface area contributed by atoms with E-state index in [0.29, 0.717) is 6.04 Å². The number of rotatable bonds is 2. The quantitative estimate of drug-likeness (QED) is 0.774. The van der Waals surface area contributed by atoms with Gasteiger partial charge in [-0.2, -0.15) is 0 Å². The number of hydrogen-bond acceptors (Lipinski definition) is 4. The lowest BCUT2D eigenvalue weighted by atomic mass is 9.87. The Morgan fingerprint density at radius 3 is 2.95 bits per heavy atom. The maximum absolute atomic E-state index is 12.1. The minimum Gasteiger partial charge on any atom is -0.375 e. The van der Waals surface area contributed by atoms with Crippen molar-refractivity contribution in [3.05, 3.63) is 0 Å². The van der Waals surface area contributed by atoms with Crippen LogP contribution in [0.25, 0.3) is 0 Å². The SMILES string of the molecule is CNC(=O)C1CNCCN1C1CCOC2(CCCC2)C1. The molecular weight excluding hydrogens is 254 g/mol. The van der Waals surface area contributed by atoms with Crippen LogP contribution in [-0.2, 0) is 9.53 Å². The van der Waals surface area contributed by atoms with Crippen molar-refractivity contribution in [2.75, 3.05) is 33.3 Å². The normalized spacial score (nSPS) is 34.2. The van der Waals surface area contributed by atoms with Crippen molar-refractivity contribution in [3.8, 4) is 0 Å². The van der Waals surface area contributed by atoms with Crippen LogP contribution in [0, 0.1) is 0 Å². The third kappa shape index (κ3) is 2.71. The summed E-state index contributed by atoms with van der Waals surface area (Å²) in [6.45, 7) is 3.58. The standard InChI is InChI=1S/C15H27N3O2/c1-16-14(19)13-11-17-7-8-18(13)12-4-9-20-15(10-12)5-2-3-6-15/h12-13,17H,2-11H2,1H3,(H,16,19). The number of ether oxygens (including phenoxy) is 1. The first kappa shape index (κ1) is 14.3. The summed E-state index contributed by atoms with van der Waals surface area (Å²) in [5.74, 6) is 0.143. The Hall–Kier alpha value is -0.650. The average molecular weight is 281 g/mol. The second-order valence-corrected chi connectivity index (χ2v) is 6.46. The van der Waals surface area contributed by atoms with Gasteiger partial charge in [0, 0.05) is 39.3 Å². The molecule has 2 saturated heterocycles. The highest BCUT2D eigenvalue weighted by Gasteiger charge is 2.43. The second kappa shape index (κ2) is 6.00. The first-order chi connectivity index (χ1) is 9.74. The first-order valence-corrected chi connectivity index (χ1v) is 8.06. The second-order valence-electron chi connectivity index (χ2n) is 6.46. The Morgan fingerprint density at radius 1 is 1.40 bits per heavy atom. The van der Waals surface area contributed by atoms with E-state index in [1.807, 2.05) is 0 Å². The van der Waals surface area contributed by atoms with Gasteiger partial charge in [-0.3, -0.25) is 9.69 Å². The van der Waals surface area contributed by atoms with Gasteiger partial charge in [0.25, 0.3) is 0 Å². The molecule has 1 amide bonds. The number of carbonyl (C=O) groups excluding carboxylic acids is 1. The molecule has 114 valence electrons. The molecule has 2 unspecified atom stereocenters. The molecule has 2 N–H and O–H groups in total. The lowest BCUT2D eigenvalue weighted by Crippen LogP contribution is -2.62. The minimum atomic E-state index is -0.0182. The largest absolute Gasteiger partial charge is 0.375 e. The van der Waals surface area contributed by atoms with Crippen molar-refractivity contribution in [1.82, 2.24) is 15.5 Å². The summed E-state index contributed by atoms with van der Waals surface area (Å²) < 4.78 is 6.13. The van der Waals surface area contributed by atoms with Crippen molar-refractivity contribution in [1.29, 1.82) is 0 Å². The molecular formula is C15H27N3O2. The molecule has 2 aliphatic heterocycles. The van der Waals surface area contributed by atoms with E-state index in [1.165, 1.54) is 25.7 Å². The fraction of sp³-hybridized carbons (Fsp3) is 0.933. The van der Waals surface area contributed by atoms with Crippen LogP contribution in [-0.4, -0.2) is 61.8 Å². The Bertz CT molecular complexity index is 355. The summed E-state index contributed by atoms with van der Waals surface area (Å²) in [5.41, 5.74) is 0.126. The smallest absolute Gasteiger partial charge is 0.238 e. The zero-order valence-corrected chi connectivity index (χ0v) is 12.5. The van der Waals surface area contributed by atoms with Crippen molar-refractivity contribution in [2.24, 2.45) is 0 Å². The number of piperazine rings is 1. The van der Waals surface area contributed by atoms with Gasteiger partial charge in [0.05, 0.1) is 5.60 Å². The summed E-state index contributed by atoms with van der Waals surface area (Å²) in [4.78, 5) is 14.5. The van der Waals surface area contributed by atoms with E-state index in [1.54, 1.807) is 7.05 Å². The fourth-order valence-electron chi connectivity index (χ4n) is 4.22. The van der Waals surface area contributed by atoms with Crippen LogP contribution in [0.2, 0.25) is 0 Å². The van der Waals surface area contributed by atoms with E-state index < -0.39 is 0 Å². The highest BCUT2D eigenvalue weighted by molar-refractivity contribution is 5.81. The molecule has 5 nitrogen and oxygen atoms in total. The Morgan fingerprint density at radius 2 is 2.20 bits per heavy atom. The van der Waals surface area contributed by atoms with Crippen molar-refractivity contribution >= 4 is 5.91 Å². The molecule has 20 heavy (non-hydrogen) atoms. The first-order valence-electron chi connectivity index (χ1n) is 8.06. The molecule has 1 aliphatic carbocycles. The van der Waals surface area contributed by atoms with Crippen molar-refractivity contribution < 1.29 is 9.53 Å². The molecule has 3 fully saturated rings. The molecule has 2 atom stereocenters. The number of amides is 1. The van der Waals surface area contributed by atoms with Gasteiger partial charge in [-0.1, -0.05) is 12.8 Å². The number of likely N-dealkylation sites (N-methyl/N-ethyl adjacent to an activating group) is 1. The summed E-state index contributed by atoms with van der Waals surface area (Å²) in [6.07, 6.45) is 7.19. The highest BCUT2D eigenvalue weighted by Crippen LogP contribution is 2.41. The Labute approximate surface area is 121 Å². The van der Waals surface area contributed by atoms with E-state index in [0.717, 1.165) is 39.1 Å². The predicted octanol–water partition coefficient (Wildman–Crippen LogP) is 0.498. The van der Waals surface area contributed by atoms with Gasteiger partial charge in [-0.05, 0) is 25.7 Å². The van der Waals surface area contributed by atoms with Crippen molar-refractivity contribution in [3.63, 3.8) is 0 Å². The van der Waals surface area contributed by atoms with Gasteiger partial charge in [-0.15, -0.1) is 0 Å². The monoisotopic (exact) mass is 281 g/mol. The molecule has 0 aromatic heterocycles. The lowest BCUT2D eigenvalue weighted by Gasteiger charge is -2.46. The van der Waals surface area contributed by atoms with Gasteiger partial charge >= 0.3 is 0 Å². The minimum absolute atomic E-state index is 0.0182. The van der Waals surface area contributed by atoms with Crippen LogP contribution in [0.1, 0.15) is 38.5 Å². The zero-order chi connectivity index (χ0) is 14.0. The number of hydrogen-bond donors (Lipinski definition) is 2. The third-order valence-corrected chi connectivity index (χ3v) is 5.28. The van der Waals surface area contributed by atoms with Crippen LogP contribution in [0.4, 0.5) is 0 Å². The van der Waals surface area contributed by atoms with Gasteiger partial charge in [-0.25, -0.2) is 0 Å². The van der Waals surface area contributed by atoms with Crippen LogP contribution in [0.15, 0.2) is 0 Å². The predicted molar refractivity (Wildman–Crippen MR) is 77.6 cm³/mol. The summed E-state index contributed by atoms with van der Waals surface area (Å²) in [7, 11) is 1.73. The molecule has 0 aromatic carbocycles. The third-order valence-electron chi connectivity index (χ3n) is 5.28.